The van der Waals surface area contributed by atoms with Crippen molar-refractivity contribution in [2.24, 2.45) is 5.92 Å². The van der Waals surface area contributed by atoms with Crippen LogP contribution in [0.1, 0.15) is 28.1 Å². The number of benzene rings is 2. The second-order valence-electron chi connectivity index (χ2n) is 7.52. The summed E-state index contributed by atoms with van der Waals surface area (Å²) in [5.74, 6) is 2.12. The summed E-state index contributed by atoms with van der Waals surface area (Å²) >= 11 is 3.62. The van der Waals surface area contributed by atoms with Crippen LogP contribution < -0.4 is 5.32 Å². The molecule has 1 aliphatic rings. The number of thiophene rings is 1. The molecule has 4 rings (SSSR count). The normalized spacial score (nSPS) is 14.7. The molecule has 6 heteroatoms. The zero-order valence-electron chi connectivity index (χ0n) is 16.9. The van der Waals surface area contributed by atoms with E-state index in [1.165, 1.54) is 4.88 Å². The highest BCUT2D eigenvalue weighted by molar-refractivity contribution is 7.98. The maximum absolute atomic E-state index is 13.1. The van der Waals surface area contributed by atoms with Crippen LogP contribution in [0.15, 0.2) is 60.0 Å². The van der Waals surface area contributed by atoms with Gasteiger partial charge in [-0.05, 0) is 41.1 Å². The Bertz CT molecular complexity index is 990. The van der Waals surface area contributed by atoms with Crippen LogP contribution in [0.4, 0.5) is 0 Å². The fourth-order valence-electron chi connectivity index (χ4n) is 3.89. The van der Waals surface area contributed by atoms with Crippen molar-refractivity contribution in [3.8, 4) is 0 Å². The maximum atomic E-state index is 13.1. The van der Waals surface area contributed by atoms with Crippen molar-refractivity contribution in [2.75, 3.05) is 25.4 Å². The number of carbonyl (C=O) groups is 2. The number of carbonyl (C=O) groups excluding carboxylic acids is 2. The van der Waals surface area contributed by atoms with E-state index in [1.54, 1.807) is 11.3 Å². The predicted octanol–water partition coefficient (Wildman–Crippen LogP) is 4.80. The Morgan fingerprint density at radius 3 is 2.63 bits per heavy atom. The highest BCUT2D eigenvalue weighted by Crippen LogP contribution is 2.24. The second kappa shape index (κ2) is 10.1. The Morgan fingerprint density at radius 1 is 1.03 bits per heavy atom. The first-order valence-electron chi connectivity index (χ1n) is 10.4. The van der Waals surface area contributed by atoms with Gasteiger partial charge in [0, 0.05) is 47.5 Å². The largest absolute Gasteiger partial charge is 0.355 e. The van der Waals surface area contributed by atoms with Gasteiger partial charge >= 0.3 is 0 Å². The highest BCUT2D eigenvalue weighted by Gasteiger charge is 2.28. The Kier molecular flexibility index (Phi) is 7.07. The minimum Gasteiger partial charge on any atom is -0.355 e. The molecule has 0 spiro atoms. The van der Waals surface area contributed by atoms with E-state index in [4.69, 9.17) is 0 Å². The van der Waals surface area contributed by atoms with Crippen LogP contribution in [0.25, 0.3) is 10.8 Å². The van der Waals surface area contributed by atoms with Gasteiger partial charge < -0.3 is 10.2 Å². The van der Waals surface area contributed by atoms with E-state index < -0.39 is 0 Å². The molecule has 1 aliphatic heterocycles. The Hall–Kier alpha value is -2.31. The SMILES string of the molecule is O=C(NCCSCc1cccs1)C1CCN(C(=O)c2cccc3ccccc23)CC1. The summed E-state index contributed by atoms with van der Waals surface area (Å²) in [5, 5.41) is 7.23. The molecule has 3 aromatic rings. The number of rotatable bonds is 7. The fraction of sp³-hybridized carbons (Fsp3) is 0.333. The Morgan fingerprint density at radius 2 is 1.83 bits per heavy atom. The quantitative estimate of drug-likeness (QED) is 0.539. The van der Waals surface area contributed by atoms with Crippen molar-refractivity contribution in [2.45, 2.75) is 18.6 Å². The molecule has 156 valence electrons. The lowest BCUT2D eigenvalue weighted by Crippen LogP contribution is -2.43. The number of nitrogens with zero attached hydrogens (tertiary/aromatic N) is 1. The average molecular weight is 439 g/mol. The van der Waals surface area contributed by atoms with Gasteiger partial charge in [-0.25, -0.2) is 0 Å². The first-order valence-corrected chi connectivity index (χ1v) is 12.4. The summed E-state index contributed by atoms with van der Waals surface area (Å²) in [7, 11) is 0. The smallest absolute Gasteiger partial charge is 0.254 e. The zero-order chi connectivity index (χ0) is 20.8. The molecule has 4 nitrogen and oxygen atoms in total. The highest BCUT2D eigenvalue weighted by atomic mass is 32.2. The molecule has 0 bridgehead atoms. The third-order valence-corrected chi connectivity index (χ3v) is 7.61. The summed E-state index contributed by atoms with van der Waals surface area (Å²) in [6, 6.07) is 18.1. The van der Waals surface area contributed by atoms with E-state index >= 15 is 0 Å². The summed E-state index contributed by atoms with van der Waals surface area (Å²) in [6.07, 6.45) is 1.45. The van der Waals surface area contributed by atoms with E-state index in [0.29, 0.717) is 19.6 Å². The molecule has 0 unspecified atom stereocenters. The van der Waals surface area contributed by atoms with Crippen LogP contribution in [0.2, 0.25) is 0 Å². The second-order valence-corrected chi connectivity index (χ2v) is 9.65. The van der Waals surface area contributed by atoms with Gasteiger partial charge in [-0.15, -0.1) is 11.3 Å². The minimum absolute atomic E-state index is 0.00358. The monoisotopic (exact) mass is 438 g/mol. The molecule has 2 heterocycles. The van der Waals surface area contributed by atoms with Crippen LogP contribution in [-0.2, 0) is 10.5 Å². The summed E-state index contributed by atoms with van der Waals surface area (Å²) in [5.41, 5.74) is 0.749. The molecule has 30 heavy (non-hydrogen) atoms. The van der Waals surface area contributed by atoms with E-state index in [9.17, 15) is 9.59 Å². The van der Waals surface area contributed by atoms with E-state index in [2.05, 4.69) is 22.8 Å². The van der Waals surface area contributed by atoms with Crippen LogP contribution in [0.3, 0.4) is 0 Å². The molecular weight excluding hydrogens is 412 g/mol. The predicted molar refractivity (Wildman–Crippen MR) is 126 cm³/mol. The molecule has 1 fully saturated rings. The molecule has 2 amide bonds. The number of piperidine rings is 1. The van der Waals surface area contributed by atoms with Crippen molar-refractivity contribution in [3.63, 3.8) is 0 Å². The summed E-state index contributed by atoms with van der Waals surface area (Å²) in [6.45, 7) is 1.96. The zero-order valence-corrected chi connectivity index (χ0v) is 18.5. The number of thioether (sulfide) groups is 1. The van der Waals surface area contributed by atoms with Gasteiger partial charge in [0.2, 0.25) is 5.91 Å². The van der Waals surface area contributed by atoms with E-state index in [-0.39, 0.29) is 17.7 Å². The first kappa shape index (κ1) is 20.9. The van der Waals surface area contributed by atoms with E-state index in [0.717, 1.165) is 40.7 Å². The molecular formula is C24H26N2O2S2. The number of likely N-dealkylation sites (tertiary alicyclic amines) is 1. The van der Waals surface area contributed by atoms with Crippen molar-refractivity contribution < 1.29 is 9.59 Å². The maximum Gasteiger partial charge on any atom is 0.254 e. The minimum atomic E-state index is 0.00358. The molecule has 1 saturated heterocycles. The average Bonchev–Trinajstić information content (AvgIpc) is 3.31. The molecule has 0 radical (unpaired) electrons. The third kappa shape index (κ3) is 5.05. The Labute approximate surface area is 185 Å². The van der Waals surface area contributed by atoms with Crippen molar-refractivity contribution in [1.82, 2.24) is 10.2 Å². The third-order valence-electron chi connectivity index (χ3n) is 5.54. The van der Waals surface area contributed by atoms with Gasteiger partial charge in [0.05, 0.1) is 0 Å². The standard InChI is InChI=1S/C24H26N2O2S2/c27-23(25-12-16-29-17-20-7-4-15-30-20)19-10-13-26(14-11-19)24(28)22-9-3-6-18-5-1-2-8-21(18)22/h1-9,15,19H,10-14,16-17H2,(H,25,27). The lowest BCUT2D eigenvalue weighted by molar-refractivity contribution is -0.126. The molecule has 0 saturated carbocycles. The summed E-state index contributed by atoms with van der Waals surface area (Å²) < 4.78 is 0. The van der Waals surface area contributed by atoms with Gasteiger partial charge in [0.1, 0.15) is 0 Å². The van der Waals surface area contributed by atoms with Gasteiger partial charge in [0.15, 0.2) is 0 Å². The van der Waals surface area contributed by atoms with Gasteiger partial charge in [-0.2, -0.15) is 11.8 Å². The summed E-state index contributed by atoms with van der Waals surface area (Å²) in [4.78, 5) is 28.8. The van der Waals surface area contributed by atoms with Gasteiger partial charge in [-0.1, -0.05) is 42.5 Å². The molecule has 0 atom stereocenters. The van der Waals surface area contributed by atoms with Crippen molar-refractivity contribution in [1.29, 1.82) is 0 Å². The van der Waals surface area contributed by atoms with Gasteiger partial charge in [0.25, 0.3) is 5.91 Å². The molecule has 1 aromatic heterocycles. The van der Waals surface area contributed by atoms with Crippen molar-refractivity contribution >= 4 is 45.7 Å². The fourth-order valence-corrected chi connectivity index (χ4v) is 5.58. The molecule has 1 N–H and O–H groups in total. The first-order chi connectivity index (χ1) is 14.7. The number of nitrogens with one attached hydrogen (secondary N) is 1. The number of hydrogen-bond donors (Lipinski definition) is 1. The number of hydrogen-bond acceptors (Lipinski definition) is 4. The molecule has 2 aromatic carbocycles. The van der Waals surface area contributed by atoms with Crippen LogP contribution in [0.5, 0.6) is 0 Å². The Balaban J connectivity index is 1.23. The number of fused-ring (bicyclic) bond motifs is 1. The van der Waals surface area contributed by atoms with Crippen LogP contribution in [-0.4, -0.2) is 42.1 Å². The number of amides is 2. The lowest BCUT2D eigenvalue weighted by atomic mass is 9.95. The van der Waals surface area contributed by atoms with Crippen molar-refractivity contribution in [3.05, 3.63) is 70.4 Å². The van der Waals surface area contributed by atoms with E-state index in [1.807, 2.05) is 59.1 Å². The topological polar surface area (TPSA) is 49.4 Å². The molecule has 0 aliphatic carbocycles. The van der Waals surface area contributed by atoms with Gasteiger partial charge in [-0.3, -0.25) is 9.59 Å². The van der Waals surface area contributed by atoms with Crippen LogP contribution in [0, 0.1) is 5.92 Å². The van der Waals surface area contributed by atoms with Crippen LogP contribution >= 0.6 is 23.1 Å². The lowest BCUT2D eigenvalue weighted by Gasteiger charge is -2.31.